The van der Waals surface area contributed by atoms with Crippen LogP contribution in [0, 0.1) is 5.82 Å². The summed E-state index contributed by atoms with van der Waals surface area (Å²) in [6.07, 6.45) is 0. The molecule has 0 spiro atoms. The average molecular weight is 343 g/mol. The Morgan fingerprint density at radius 1 is 0.958 bits per heavy atom. The minimum Gasteiger partial charge on any atom is -0.339 e. The Kier molecular flexibility index (Phi) is 4.67. The Balaban J connectivity index is 1.68. The van der Waals surface area contributed by atoms with Crippen LogP contribution in [0.15, 0.2) is 60.7 Å². The molecule has 0 unspecified atom stereocenters. The summed E-state index contributed by atoms with van der Waals surface area (Å²) >= 11 is 5.72. The van der Waals surface area contributed by atoms with Crippen molar-refractivity contribution in [3.05, 3.63) is 77.2 Å². The largest absolute Gasteiger partial charge is 0.339 e. The highest BCUT2D eigenvalue weighted by atomic mass is 35.5. The van der Waals surface area contributed by atoms with Gasteiger partial charge in [-0.1, -0.05) is 29.8 Å². The molecule has 0 aliphatic carbocycles. The Bertz CT molecular complexity index is 856. The van der Waals surface area contributed by atoms with Crippen molar-refractivity contribution < 1.29 is 9.18 Å². The van der Waals surface area contributed by atoms with Crippen LogP contribution in [0.25, 0.3) is 0 Å². The highest BCUT2D eigenvalue weighted by molar-refractivity contribution is 6.31. The maximum atomic E-state index is 13.1. The van der Waals surface area contributed by atoms with Gasteiger partial charge in [-0.15, -0.1) is 10.2 Å². The molecule has 1 amide bonds. The molecular weight excluding hydrogens is 331 g/mol. The zero-order valence-corrected chi connectivity index (χ0v) is 13.1. The lowest BCUT2D eigenvalue weighted by Gasteiger charge is -2.07. The summed E-state index contributed by atoms with van der Waals surface area (Å²) in [6, 6.07) is 16.4. The smallest absolute Gasteiger partial charge is 0.276 e. The fourth-order valence-electron chi connectivity index (χ4n) is 1.96. The highest BCUT2D eigenvalue weighted by Crippen LogP contribution is 2.21. The summed E-state index contributed by atoms with van der Waals surface area (Å²) in [7, 11) is 0. The molecule has 0 radical (unpaired) electrons. The van der Waals surface area contributed by atoms with E-state index in [1.807, 2.05) is 18.2 Å². The van der Waals surface area contributed by atoms with Gasteiger partial charge in [0.15, 0.2) is 11.5 Å². The summed E-state index contributed by atoms with van der Waals surface area (Å²) < 4.78 is 13.1. The third-order valence-corrected chi connectivity index (χ3v) is 3.41. The molecule has 0 saturated heterocycles. The second kappa shape index (κ2) is 7.06. The number of halogens is 2. The maximum absolute atomic E-state index is 13.1. The van der Waals surface area contributed by atoms with Crippen molar-refractivity contribution in [1.82, 2.24) is 10.2 Å². The third kappa shape index (κ3) is 3.85. The van der Waals surface area contributed by atoms with Crippen LogP contribution in [-0.2, 0) is 0 Å². The Labute approximate surface area is 142 Å². The molecule has 0 fully saturated rings. The normalized spacial score (nSPS) is 10.2. The number of aromatic nitrogens is 2. The number of benzene rings is 2. The van der Waals surface area contributed by atoms with Crippen molar-refractivity contribution in [3.8, 4) is 0 Å². The van der Waals surface area contributed by atoms with Gasteiger partial charge in [-0.05, 0) is 42.5 Å². The third-order valence-electron chi connectivity index (χ3n) is 3.12. The molecule has 24 heavy (non-hydrogen) atoms. The zero-order chi connectivity index (χ0) is 16.9. The van der Waals surface area contributed by atoms with Crippen molar-refractivity contribution in [1.29, 1.82) is 0 Å². The van der Waals surface area contributed by atoms with E-state index in [0.717, 1.165) is 0 Å². The minimum atomic E-state index is -0.499. The second-order valence-corrected chi connectivity index (χ2v) is 5.29. The zero-order valence-electron chi connectivity index (χ0n) is 12.3. The first kappa shape index (κ1) is 15.9. The predicted octanol–water partition coefficient (Wildman–Crippen LogP) is 4.27. The fourth-order valence-corrected chi connectivity index (χ4v) is 2.14. The van der Waals surface area contributed by atoms with Gasteiger partial charge < -0.3 is 10.6 Å². The van der Waals surface area contributed by atoms with E-state index in [1.165, 1.54) is 18.2 Å². The van der Waals surface area contributed by atoms with E-state index in [0.29, 0.717) is 17.2 Å². The number of hydrogen-bond acceptors (Lipinski definition) is 4. The molecule has 0 aliphatic rings. The standard InChI is InChI=1S/C17H12ClFN4O/c18-13-10-12(6-7-14(13)19)20-16-9-8-15(22-23-16)17(24)21-11-4-2-1-3-5-11/h1-10H,(H,20,23)(H,21,24). The number of hydrogen-bond donors (Lipinski definition) is 2. The van der Waals surface area contributed by atoms with Crippen LogP contribution >= 0.6 is 11.6 Å². The number of para-hydroxylation sites is 1. The summed E-state index contributed by atoms with van der Waals surface area (Å²) in [6.45, 7) is 0. The lowest BCUT2D eigenvalue weighted by atomic mass is 10.3. The van der Waals surface area contributed by atoms with Gasteiger partial charge in [-0.2, -0.15) is 0 Å². The quantitative estimate of drug-likeness (QED) is 0.743. The summed E-state index contributed by atoms with van der Waals surface area (Å²) in [4.78, 5) is 12.1. The summed E-state index contributed by atoms with van der Waals surface area (Å²) in [5.41, 5.74) is 1.42. The highest BCUT2D eigenvalue weighted by Gasteiger charge is 2.09. The van der Waals surface area contributed by atoms with E-state index in [9.17, 15) is 9.18 Å². The first-order valence-corrected chi connectivity index (χ1v) is 7.42. The molecule has 0 saturated carbocycles. The molecule has 5 nitrogen and oxygen atoms in total. The van der Waals surface area contributed by atoms with Gasteiger partial charge in [0, 0.05) is 11.4 Å². The Morgan fingerprint density at radius 2 is 1.75 bits per heavy atom. The van der Waals surface area contributed by atoms with E-state index in [2.05, 4.69) is 20.8 Å². The number of carbonyl (C=O) groups is 1. The van der Waals surface area contributed by atoms with Crippen LogP contribution < -0.4 is 10.6 Å². The van der Waals surface area contributed by atoms with Crippen LogP contribution in [0.1, 0.15) is 10.5 Å². The monoisotopic (exact) mass is 342 g/mol. The van der Waals surface area contributed by atoms with Crippen molar-refractivity contribution in [2.45, 2.75) is 0 Å². The number of rotatable bonds is 4. The van der Waals surface area contributed by atoms with Crippen molar-refractivity contribution >= 4 is 34.7 Å². The number of anilines is 3. The maximum Gasteiger partial charge on any atom is 0.276 e. The van der Waals surface area contributed by atoms with E-state index < -0.39 is 5.82 Å². The first-order chi connectivity index (χ1) is 11.6. The fraction of sp³-hybridized carbons (Fsp3) is 0. The Morgan fingerprint density at radius 3 is 2.42 bits per heavy atom. The molecule has 3 rings (SSSR count). The van der Waals surface area contributed by atoms with Gasteiger partial charge >= 0.3 is 0 Å². The topological polar surface area (TPSA) is 66.9 Å². The van der Waals surface area contributed by atoms with Gasteiger partial charge in [0.05, 0.1) is 5.02 Å². The molecule has 3 aromatic rings. The van der Waals surface area contributed by atoms with E-state index in [4.69, 9.17) is 11.6 Å². The van der Waals surface area contributed by atoms with Gasteiger partial charge in [-0.25, -0.2) is 4.39 Å². The van der Waals surface area contributed by atoms with Crippen LogP contribution in [0.2, 0.25) is 5.02 Å². The lowest BCUT2D eigenvalue weighted by Crippen LogP contribution is -2.14. The van der Waals surface area contributed by atoms with Crippen molar-refractivity contribution in [2.24, 2.45) is 0 Å². The average Bonchev–Trinajstić information content (AvgIpc) is 2.60. The molecule has 0 aliphatic heterocycles. The van der Waals surface area contributed by atoms with Crippen LogP contribution in [0.5, 0.6) is 0 Å². The number of amides is 1. The molecular formula is C17H12ClFN4O. The Hall–Kier alpha value is -2.99. The number of nitrogens with one attached hydrogen (secondary N) is 2. The van der Waals surface area contributed by atoms with Crippen LogP contribution in [0.3, 0.4) is 0 Å². The first-order valence-electron chi connectivity index (χ1n) is 7.04. The number of nitrogens with zero attached hydrogens (tertiary/aromatic N) is 2. The molecule has 120 valence electrons. The lowest BCUT2D eigenvalue weighted by molar-refractivity contribution is 0.102. The SMILES string of the molecule is O=C(Nc1ccccc1)c1ccc(Nc2ccc(F)c(Cl)c2)nn1. The minimum absolute atomic E-state index is 0.00631. The molecule has 2 N–H and O–H groups in total. The summed E-state index contributed by atoms with van der Waals surface area (Å²) in [5, 5.41) is 13.5. The van der Waals surface area contributed by atoms with Crippen LogP contribution in [-0.4, -0.2) is 16.1 Å². The van der Waals surface area contributed by atoms with E-state index in [1.54, 1.807) is 24.3 Å². The van der Waals surface area contributed by atoms with Gasteiger partial charge in [-0.3, -0.25) is 4.79 Å². The van der Waals surface area contributed by atoms with E-state index in [-0.39, 0.29) is 16.6 Å². The van der Waals surface area contributed by atoms with Crippen molar-refractivity contribution in [2.75, 3.05) is 10.6 Å². The molecule has 7 heteroatoms. The van der Waals surface area contributed by atoms with Crippen LogP contribution in [0.4, 0.5) is 21.6 Å². The predicted molar refractivity (Wildman–Crippen MR) is 91.1 cm³/mol. The van der Waals surface area contributed by atoms with Gasteiger partial charge in [0.1, 0.15) is 5.82 Å². The molecule has 0 bridgehead atoms. The molecule has 1 aromatic heterocycles. The van der Waals surface area contributed by atoms with Gasteiger partial charge in [0.2, 0.25) is 0 Å². The van der Waals surface area contributed by atoms with E-state index >= 15 is 0 Å². The molecule has 1 heterocycles. The summed E-state index contributed by atoms with van der Waals surface area (Å²) in [5.74, 6) is -0.444. The number of carbonyl (C=O) groups excluding carboxylic acids is 1. The molecule has 2 aromatic carbocycles. The molecule has 0 atom stereocenters. The van der Waals surface area contributed by atoms with Gasteiger partial charge in [0.25, 0.3) is 5.91 Å². The second-order valence-electron chi connectivity index (χ2n) is 4.88. The van der Waals surface area contributed by atoms with Crippen molar-refractivity contribution in [3.63, 3.8) is 0 Å².